The molecule has 1 amide bonds. The van der Waals surface area contributed by atoms with Gasteiger partial charge in [-0.15, -0.1) is 0 Å². The van der Waals surface area contributed by atoms with Gasteiger partial charge in [-0.25, -0.2) is 9.37 Å². The van der Waals surface area contributed by atoms with Crippen LogP contribution >= 0.6 is 11.6 Å². The Bertz CT molecular complexity index is 452. The lowest BCUT2D eigenvalue weighted by Crippen LogP contribution is -2.45. The van der Waals surface area contributed by atoms with Gasteiger partial charge in [0, 0.05) is 12.6 Å². The Morgan fingerprint density at radius 2 is 2.33 bits per heavy atom. The van der Waals surface area contributed by atoms with Crippen LogP contribution in [0.4, 0.5) is 4.39 Å². The summed E-state index contributed by atoms with van der Waals surface area (Å²) in [5.74, 6) is -0.967. The molecule has 98 valence electrons. The van der Waals surface area contributed by atoms with Crippen LogP contribution in [0.3, 0.4) is 0 Å². The summed E-state index contributed by atoms with van der Waals surface area (Å²) in [5, 5.41) is 9.00. The van der Waals surface area contributed by atoms with E-state index in [1.54, 1.807) is 4.90 Å². The molecule has 18 heavy (non-hydrogen) atoms. The fraction of sp³-hybridized carbons (Fsp3) is 0.500. The Labute approximate surface area is 109 Å². The van der Waals surface area contributed by atoms with Gasteiger partial charge in [-0.2, -0.15) is 0 Å². The normalized spacial score (nSPS) is 15.3. The van der Waals surface area contributed by atoms with Crippen molar-refractivity contribution in [3.05, 3.63) is 28.8 Å². The lowest BCUT2D eigenvalue weighted by atomic mass is 9.91. The second kappa shape index (κ2) is 5.63. The Morgan fingerprint density at radius 1 is 1.61 bits per heavy atom. The number of hydrogen-bond donors (Lipinski definition) is 1. The number of amides is 1. The number of rotatable bonds is 4. The van der Waals surface area contributed by atoms with Gasteiger partial charge in [0.05, 0.1) is 18.4 Å². The lowest BCUT2D eigenvalue weighted by molar-refractivity contribution is 0.0525. The van der Waals surface area contributed by atoms with E-state index >= 15 is 0 Å². The molecule has 1 heterocycles. The summed E-state index contributed by atoms with van der Waals surface area (Å²) in [6.07, 6.45) is 3.85. The van der Waals surface area contributed by atoms with Gasteiger partial charge in [-0.1, -0.05) is 11.6 Å². The number of pyridine rings is 1. The first-order chi connectivity index (χ1) is 8.63. The Kier molecular flexibility index (Phi) is 4.14. The van der Waals surface area contributed by atoms with Crippen LogP contribution in [0.5, 0.6) is 0 Å². The molecule has 0 unspecified atom stereocenters. The zero-order valence-corrected chi connectivity index (χ0v) is 10.5. The number of aromatic nitrogens is 1. The molecule has 1 N–H and O–H groups in total. The van der Waals surface area contributed by atoms with Crippen LogP contribution in [0.25, 0.3) is 0 Å². The summed E-state index contributed by atoms with van der Waals surface area (Å²) >= 11 is 5.81. The maximum Gasteiger partial charge on any atom is 0.257 e. The summed E-state index contributed by atoms with van der Waals surface area (Å²) in [6.45, 7) is 0.110. The van der Waals surface area contributed by atoms with Crippen molar-refractivity contribution in [1.82, 2.24) is 9.88 Å². The van der Waals surface area contributed by atoms with Crippen LogP contribution in [-0.4, -0.2) is 40.1 Å². The summed E-state index contributed by atoms with van der Waals surface area (Å²) in [6, 6.07) is 1.20. The minimum atomic E-state index is -0.597. The van der Waals surface area contributed by atoms with Crippen molar-refractivity contribution in [2.75, 3.05) is 13.2 Å². The van der Waals surface area contributed by atoms with Crippen LogP contribution in [-0.2, 0) is 0 Å². The van der Waals surface area contributed by atoms with Crippen molar-refractivity contribution in [2.45, 2.75) is 25.3 Å². The number of hydrogen-bond acceptors (Lipinski definition) is 3. The minimum Gasteiger partial charge on any atom is -0.395 e. The van der Waals surface area contributed by atoms with Gasteiger partial charge in [0.15, 0.2) is 0 Å². The molecule has 1 aromatic rings. The number of carbonyl (C=O) groups excluding carboxylic acids is 1. The van der Waals surface area contributed by atoms with E-state index in [0.717, 1.165) is 31.5 Å². The van der Waals surface area contributed by atoms with E-state index in [0.29, 0.717) is 0 Å². The third-order valence-electron chi connectivity index (χ3n) is 3.15. The zero-order chi connectivity index (χ0) is 13.1. The standard InChI is InChI=1S/C12H14ClFN2O2/c13-11-10(6-8(14)7-15-11)12(18)16(4-5-17)9-2-1-3-9/h6-7,9,17H,1-5H2. The molecule has 0 saturated heterocycles. The van der Waals surface area contributed by atoms with E-state index in [4.69, 9.17) is 16.7 Å². The molecule has 1 aromatic heterocycles. The predicted molar refractivity (Wildman–Crippen MR) is 65.0 cm³/mol. The van der Waals surface area contributed by atoms with Gasteiger partial charge >= 0.3 is 0 Å². The first-order valence-electron chi connectivity index (χ1n) is 5.86. The van der Waals surface area contributed by atoms with E-state index in [-0.39, 0.29) is 35.8 Å². The van der Waals surface area contributed by atoms with Crippen LogP contribution < -0.4 is 0 Å². The van der Waals surface area contributed by atoms with Crippen LogP contribution in [0, 0.1) is 5.82 Å². The SMILES string of the molecule is O=C(c1cc(F)cnc1Cl)N(CCO)C1CCC1. The molecule has 4 nitrogen and oxygen atoms in total. The topological polar surface area (TPSA) is 53.4 Å². The largest absolute Gasteiger partial charge is 0.395 e. The van der Waals surface area contributed by atoms with Crippen molar-refractivity contribution in [1.29, 1.82) is 0 Å². The van der Waals surface area contributed by atoms with E-state index < -0.39 is 5.82 Å². The van der Waals surface area contributed by atoms with Gasteiger partial charge < -0.3 is 10.0 Å². The smallest absolute Gasteiger partial charge is 0.257 e. The van der Waals surface area contributed by atoms with E-state index in [1.165, 1.54) is 0 Å². The molecule has 0 radical (unpaired) electrons. The molecule has 0 aliphatic heterocycles. The van der Waals surface area contributed by atoms with Crippen molar-refractivity contribution < 1.29 is 14.3 Å². The third kappa shape index (κ3) is 2.62. The molecule has 1 aliphatic rings. The Hall–Kier alpha value is -1.20. The van der Waals surface area contributed by atoms with Crippen LogP contribution in [0.1, 0.15) is 29.6 Å². The fourth-order valence-corrected chi connectivity index (χ4v) is 2.17. The molecule has 0 spiro atoms. The molecule has 1 saturated carbocycles. The molecule has 0 atom stereocenters. The van der Waals surface area contributed by atoms with E-state index in [1.807, 2.05) is 0 Å². The van der Waals surface area contributed by atoms with E-state index in [9.17, 15) is 9.18 Å². The van der Waals surface area contributed by atoms with Gasteiger partial charge in [-0.05, 0) is 25.3 Å². The number of aliphatic hydroxyl groups excluding tert-OH is 1. The van der Waals surface area contributed by atoms with Crippen molar-refractivity contribution in [3.8, 4) is 0 Å². The van der Waals surface area contributed by atoms with Crippen molar-refractivity contribution >= 4 is 17.5 Å². The molecule has 0 aromatic carbocycles. The second-order valence-corrected chi connectivity index (χ2v) is 4.66. The molecule has 6 heteroatoms. The first-order valence-corrected chi connectivity index (χ1v) is 6.24. The Morgan fingerprint density at radius 3 is 2.89 bits per heavy atom. The molecule has 1 fully saturated rings. The van der Waals surface area contributed by atoms with Gasteiger partial charge in [0.25, 0.3) is 5.91 Å². The van der Waals surface area contributed by atoms with Crippen molar-refractivity contribution in [3.63, 3.8) is 0 Å². The molecule has 2 rings (SSSR count). The maximum atomic E-state index is 13.1. The number of carbonyl (C=O) groups is 1. The second-order valence-electron chi connectivity index (χ2n) is 4.30. The summed E-state index contributed by atoms with van der Waals surface area (Å²) < 4.78 is 13.1. The Balaban J connectivity index is 2.23. The summed E-state index contributed by atoms with van der Waals surface area (Å²) in [7, 11) is 0. The van der Waals surface area contributed by atoms with Crippen LogP contribution in [0.15, 0.2) is 12.3 Å². The average Bonchev–Trinajstić information content (AvgIpc) is 2.28. The van der Waals surface area contributed by atoms with E-state index in [2.05, 4.69) is 4.98 Å². The van der Waals surface area contributed by atoms with Gasteiger partial charge in [0.1, 0.15) is 11.0 Å². The van der Waals surface area contributed by atoms with Crippen molar-refractivity contribution in [2.24, 2.45) is 0 Å². The predicted octanol–water partition coefficient (Wildman–Crippen LogP) is 1.86. The number of aliphatic hydroxyl groups is 1. The van der Waals surface area contributed by atoms with Gasteiger partial charge in [0.2, 0.25) is 0 Å². The van der Waals surface area contributed by atoms with Crippen LogP contribution in [0.2, 0.25) is 5.15 Å². The highest BCUT2D eigenvalue weighted by molar-refractivity contribution is 6.32. The third-order valence-corrected chi connectivity index (χ3v) is 3.45. The zero-order valence-electron chi connectivity index (χ0n) is 9.77. The summed E-state index contributed by atoms with van der Waals surface area (Å²) in [4.78, 5) is 17.4. The highest BCUT2D eigenvalue weighted by Crippen LogP contribution is 2.27. The average molecular weight is 273 g/mol. The first kappa shape index (κ1) is 13.2. The quantitative estimate of drug-likeness (QED) is 0.851. The monoisotopic (exact) mass is 272 g/mol. The van der Waals surface area contributed by atoms with Gasteiger partial charge in [-0.3, -0.25) is 4.79 Å². The minimum absolute atomic E-state index is 0.0105. The molecule has 1 aliphatic carbocycles. The highest BCUT2D eigenvalue weighted by Gasteiger charge is 2.30. The molecular formula is C12H14ClFN2O2. The number of halogens is 2. The number of nitrogens with zero attached hydrogens (tertiary/aromatic N) is 2. The summed E-state index contributed by atoms with van der Waals surface area (Å²) in [5.41, 5.74) is 0.0528. The lowest BCUT2D eigenvalue weighted by Gasteiger charge is -2.37. The highest BCUT2D eigenvalue weighted by atomic mass is 35.5. The maximum absolute atomic E-state index is 13.1. The molecule has 0 bridgehead atoms. The fourth-order valence-electron chi connectivity index (χ4n) is 1.98. The molecular weight excluding hydrogens is 259 g/mol.